The highest BCUT2D eigenvalue weighted by Crippen LogP contribution is 2.20. The Kier molecular flexibility index (Phi) is 6.67. The van der Waals surface area contributed by atoms with Gasteiger partial charge < -0.3 is 9.84 Å². The molecule has 0 saturated carbocycles. The van der Waals surface area contributed by atoms with Crippen molar-refractivity contribution < 1.29 is 9.84 Å². The molecule has 1 aliphatic rings. The van der Waals surface area contributed by atoms with E-state index in [1.807, 2.05) is 12.1 Å². The monoisotopic (exact) mass is 354 g/mol. The van der Waals surface area contributed by atoms with Gasteiger partial charge in [-0.1, -0.05) is 42.5 Å². The second kappa shape index (κ2) is 9.17. The van der Waals surface area contributed by atoms with Crippen LogP contribution in [0.3, 0.4) is 0 Å². The SMILES string of the molecule is Cc1cccc(OC[C@H](O)CN2CCN(Cc3ccccc3)CC2)c1C. The molecule has 3 rings (SSSR count). The smallest absolute Gasteiger partial charge is 0.122 e. The summed E-state index contributed by atoms with van der Waals surface area (Å²) >= 11 is 0. The van der Waals surface area contributed by atoms with Crippen LogP contribution in [0.15, 0.2) is 48.5 Å². The molecule has 4 heteroatoms. The van der Waals surface area contributed by atoms with Gasteiger partial charge >= 0.3 is 0 Å². The van der Waals surface area contributed by atoms with E-state index in [0.29, 0.717) is 13.2 Å². The first-order valence-corrected chi connectivity index (χ1v) is 9.47. The van der Waals surface area contributed by atoms with Gasteiger partial charge in [-0.05, 0) is 36.6 Å². The molecule has 1 aliphatic heterocycles. The molecule has 26 heavy (non-hydrogen) atoms. The summed E-state index contributed by atoms with van der Waals surface area (Å²) < 4.78 is 5.83. The minimum absolute atomic E-state index is 0.342. The molecule has 2 aromatic carbocycles. The lowest BCUT2D eigenvalue weighted by atomic mass is 10.1. The summed E-state index contributed by atoms with van der Waals surface area (Å²) in [4.78, 5) is 4.81. The van der Waals surface area contributed by atoms with E-state index in [1.165, 1.54) is 11.1 Å². The zero-order chi connectivity index (χ0) is 18.4. The fourth-order valence-corrected chi connectivity index (χ4v) is 3.39. The van der Waals surface area contributed by atoms with Crippen LogP contribution in [0, 0.1) is 13.8 Å². The van der Waals surface area contributed by atoms with Crippen molar-refractivity contribution >= 4 is 0 Å². The molecular formula is C22H30N2O2. The molecule has 0 spiro atoms. The van der Waals surface area contributed by atoms with Crippen LogP contribution in [0.25, 0.3) is 0 Å². The van der Waals surface area contributed by atoms with E-state index in [4.69, 9.17) is 4.74 Å². The fourth-order valence-electron chi connectivity index (χ4n) is 3.39. The van der Waals surface area contributed by atoms with E-state index >= 15 is 0 Å². The average Bonchev–Trinajstić information content (AvgIpc) is 2.65. The molecular weight excluding hydrogens is 324 g/mol. The normalized spacial score (nSPS) is 17.2. The summed E-state index contributed by atoms with van der Waals surface area (Å²) in [6.07, 6.45) is -0.462. The van der Waals surface area contributed by atoms with Gasteiger partial charge in [0.05, 0.1) is 0 Å². The summed E-state index contributed by atoms with van der Waals surface area (Å²) in [5.74, 6) is 0.872. The summed E-state index contributed by atoms with van der Waals surface area (Å²) in [5, 5.41) is 10.3. The highest BCUT2D eigenvalue weighted by atomic mass is 16.5. The topological polar surface area (TPSA) is 35.9 Å². The van der Waals surface area contributed by atoms with Gasteiger partial charge in [-0.2, -0.15) is 0 Å². The third-order valence-electron chi connectivity index (χ3n) is 5.17. The number of aliphatic hydroxyl groups is 1. The third kappa shape index (κ3) is 5.31. The Morgan fingerprint density at radius 2 is 1.62 bits per heavy atom. The molecule has 0 bridgehead atoms. The molecule has 1 atom stereocenters. The van der Waals surface area contributed by atoms with Gasteiger partial charge in [0.15, 0.2) is 0 Å². The number of ether oxygens (including phenoxy) is 1. The van der Waals surface area contributed by atoms with Gasteiger partial charge in [-0.3, -0.25) is 9.80 Å². The molecule has 4 nitrogen and oxygen atoms in total. The number of nitrogens with zero attached hydrogens (tertiary/aromatic N) is 2. The maximum absolute atomic E-state index is 10.3. The van der Waals surface area contributed by atoms with Gasteiger partial charge in [0.1, 0.15) is 18.5 Å². The van der Waals surface area contributed by atoms with Crippen LogP contribution in [0.5, 0.6) is 5.75 Å². The van der Waals surface area contributed by atoms with E-state index in [-0.39, 0.29) is 0 Å². The molecule has 0 unspecified atom stereocenters. The second-order valence-corrected chi connectivity index (χ2v) is 7.23. The van der Waals surface area contributed by atoms with Crippen LogP contribution in [0.1, 0.15) is 16.7 Å². The third-order valence-corrected chi connectivity index (χ3v) is 5.17. The van der Waals surface area contributed by atoms with Crippen LogP contribution < -0.4 is 4.74 Å². The molecule has 1 saturated heterocycles. The largest absolute Gasteiger partial charge is 0.491 e. The Labute approximate surface area is 157 Å². The number of rotatable bonds is 7. The Hall–Kier alpha value is -1.88. The average molecular weight is 354 g/mol. The standard InChI is InChI=1S/C22H30N2O2/c1-18-7-6-10-22(19(18)2)26-17-21(25)16-24-13-11-23(12-14-24)15-20-8-4-3-5-9-20/h3-10,21,25H,11-17H2,1-2H3/t21-/m1/s1. The van der Waals surface area contributed by atoms with Gasteiger partial charge in [0.25, 0.3) is 0 Å². The molecule has 140 valence electrons. The predicted molar refractivity (Wildman–Crippen MR) is 106 cm³/mol. The first-order chi connectivity index (χ1) is 12.6. The number of hydrogen-bond donors (Lipinski definition) is 1. The Morgan fingerprint density at radius 1 is 0.923 bits per heavy atom. The first kappa shape index (κ1) is 18.9. The van der Waals surface area contributed by atoms with E-state index in [9.17, 15) is 5.11 Å². The van der Waals surface area contributed by atoms with Crippen molar-refractivity contribution in [2.75, 3.05) is 39.3 Å². The maximum atomic E-state index is 10.3. The van der Waals surface area contributed by atoms with E-state index in [2.05, 4.69) is 60.0 Å². The van der Waals surface area contributed by atoms with E-state index < -0.39 is 6.10 Å². The maximum Gasteiger partial charge on any atom is 0.122 e. The number of aliphatic hydroxyl groups excluding tert-OH is 1. The quantitative estimate of drug-likeness (QED) is 0.829. The zero-order valence-corrected chi connectivity index (χ0v) is 15.9. The summed E-state index contributed by atoms with van der Waals surface area (Å²) in [7, 11) is 0. The highest BCUT2D eigenvalue weighted by molar-refractivity contribution is 5.38. The highest BCUT2D eigenvalue weighted by Gasteiger charge is 2.19. The number of piperazine rings is 1. The summed E-state index contributed by atoms with van der Waals surface area (Å²) in [6, 6.07) is 16.7. The Balaban J connectivity index is 1.39. The lowest BCUT2D eigenvalue weighted by molar-refractivity contribution is 0.0444. The Bertz CT molecular complexity index is 682. The van der Waals surface area contributed by atoms with Crippen molar-refractivity contribution in [2.24, 2.45) is 0 Å². The van der Waals surface area contributed by atoms with Crippen LogP contribution >= 0.6 is 0 Å². The number of β-amino-alcohol motifs (C(OH)–C–C–N with tert-alkyl or cyclic N) is 1. The first-order valence-electron chi connectivity index (χ1n) is 9.47. The van der Waals surface area contributed by atoms with Crippen molar-refractivity contribution in [3.05, 3.63) is 65.2 Å². The van der Waals surface area contributed by atoms with Crippen LogP contribution in [-0.4, -0.2) is 60.3 Å². The predicted octanol–water partition coefficient (Wildman–Crippen LogP) is 2.86. The van der Waals surface area contributed by atoms with Crippen molar-refractivity contribution in [1.82, 2.24) is 9.80 Å². The lowest BCUT2D eigenvalue weighted by Gasteiger charge is -2.35. The molecule has 1 fully saturated rings. The van der Waals surface area contributed by atoms with Crippen molar-refractivity contribution in [3.63, 3.8) is 0 Å². The number of benzene rings is 2. The van der Waals surface area contributed by atoms with Crippen LogP contribution in [0.2, 0.25) is 0 Å². The molecule has 0 amide bonds. The van der Waals surface area contributed by atoms with Crippen molar-refractivity contribution in [1.29, 1.82) is 0 Å². The molecule has 1 heterocycles. The second-order valence-electron chi connectivity index (χ2n) is 7.23. The Morgan fingerprint density at radius 3 is 2.35 bits per heavy atom. The van der Waals surface area contributed by atoms with Gasteiger partial charge in [-0.25, -0.2) is 0 Å². The van der Waals surface area contributed by atoms with Crippen molar-refractivity contribution in [3.8, 4) is 5.75 Å². The van der Waals surface area contributed by atoms with E-state index in [0.717, 1.165) is 44.0 Å². The van der Waals surface area contributed by atoms with Crippen LogP contribution in [-0.2, 0) is 6.54 Å². The van der Waals surface area contributed by atoms with E-state index in [1.54, 1.807) is 0 Å². The molecule has 2 aromatic rings. The zero-order valence-electron chi connectivity index (χ0n) is 15.9. The summed E-state index contributed by atoms with van der Waals surface area (Å²) in [6.45, 7) is 10.2. The summed E-state index contributed by atoms with van der Waals surface area (Å²) in [5.41, 5.74) is 3.73. The number of aryl methyl sites for hydroxylation is 1. The minimum Gasteiger partial charge on any atom is -0.491 e. The van der Waals surface area contributed by atoms with Gasteiger partial charge in [0, 0.05) is 39.3 Å². The van der Waals surface area contributed by atoms with Crippen LogP contribution in [0.4, 0.5) is 0 Å². The molecule has 0 aliphatic carbocycles. The lowest BCUT2D eigenvalue weighted by Crippen LogP contribution is -2.48. The minimum atomic E-state index is -0.462. The van der Waals surface area contributed by atoms with Crippen molar-refractivity contribution in [2.45, 2.75) is 26.5 Å². The van der Waals surface area contributed by atoms with Gasteiger partial charge in [-0.15, -0.1) is 0 Å². The molecule has 0 aromatic heterocycles. The van der Waals surface area contributed by atoms with Gasteiger partial charge in [0.2, 0.25) is 0 Å². The molecule has 1 N–H and O–H groups in total. The fraction of sp³-hybridized carbons (Fsp3) is 0.455. The number of hydrogen-bond acceptors (Lipinski definition) is 4. The molecule has 0 radical (unpaired) electrons.